The van der Waals surface area contributed by atoms with Crippen LogP contribution >= 0.6 is 0 Å². The van der Waals surface area contributed by atoms with Crippen LogP contribution in [-0.4, -0.2) is 11.1 Å². The highest BCUT2D eigenvalue weighted by molar-refractivity contribution is 5.83. The molecule has 17 heavy (non-hydrogen) atoms. The molecule has 2 rings (SSSR count). The van der Waals surface area contributed by atoms with Crippen molar-refractivity contribution in [3.8, 4) is 0 Å². The van der Waals surface area contributed by atoms with Gasteiger partial charge in [0.15, 0.2) is 0 Å². The Morgan fingerprint density at radius 3 is 2.82 bits per heavy atom. The molecule has 1 aromatic carbocycles. The molecule has 0 saturated heterocycles. The fourth-order valence-electron chi connectivity index (χ4n) is 2.00. The minimum absolute atomic E-state index is 0.627. The lowest BCUT2D eigenvalue weighted by Crippen LogP contribution is -2.14. The second-order valence-corrected chi connectivity index (χ2v) is 4.03. The number of nitrogens with zero attached hydrogens (tertiary/aromatic N) is 1. The second kappa shape index (κ2) is 5.27. The average Bonchev–Trinajstić information content (AvgIpc) is 2.74. The molecule has 0 amide bonds. The summed E-state index contributed by atoms with van der Waals surface area (Å²) in [7, 11) is 0. The molecule has 0 saturated carbocycles. The molecule has 92 valence electrons. The zero-order valence-corrected chi connectivity index (χ0v) is 9.79. The Morgan fingerprint density at radius 2 is 2.12 bits per heavy atom. The van der Waals surface area contributed by atoms with Crippen LogP contribution in [-0.2, 0) is 6.54 Å². The summed E-state index contributed by atoms with van der Waals surface area (Å²) in [6.07, 6.45) is 2.48. The Kier molecular flexibility index (Phi) is 3.74. The van der Waals surface area contributed by atoms with Crippen LogP contribution in [0.25, 0.3) is 10.9 Å². The molecule has 1 aromatic heterocycles. The standard InChI is InChI=1S/C13H16F2N2/c1-2-7-16-9-11-5-3-4-10-6-8-17(12(10)11)13(14)15/h3-6,8,13,16H,2,7,9H2,1H3. The Labute approximate surface area is 99.2 Å². The van der Waals surface area contributed by atoms with Gasteiger partial charge in [-0.2, -0.15) is 8.78 Å². The fraction of sp³-hybridized carbons (Fsp3) is 0.385. The van der Waals surface area contributed by atoms with Crippen molar-refractivity contribution < 1.29 is 8.78 Å². The zero-order valence-electron chi connectivity index (χ0n) is 9.79. The fourth-order valence-corrected chi connectivity index (χ4v) is 2.00. The van der Waals surface area contributed by atoms with Crippen LogP contribution < -0.4 is 5.32 Å². The van der Waals surface area contributed by atoms with Crippen molar-refractivity contribution in [2.24, 2.45) is 0 Å². The second-order valence-electron chi connectivity index (χ2n) is 4.03. The SMILES string of the molecule is CCCNCc1cccc2ccn(C(F)F)c12. The van der Waals surface area contributed by atoms with Gasteiger partial charge in [0.2, 0.25) is 0 Å². The summed E-state index contributed by atoms with van der Waals surface area (Å²) in [4.78, 5) is 0. The molecule has 0 unspecified atom stereocenters. The van der Waals surface area contributed by atoms with Crippen LogP contribution in [0.3, 0.4) is 0 Å². The van der Waals surface area contributed by atoms with Crippen LogP contribution in [0.2, 0.25) is 0 Å². The van der Waals surface area contributed by atoms with E-state index in [1.54, 1.807) is 6.07 Å². The van der Waals surface area contributed by atoms with E-state index >= 15 is 0 Å². The van der Waals surface area contributed by atoms with Crippen LogP contribution in [0.5, 0.6) is 0 Å². The van der Waals surface area contributed by atoms with Crippen molar-refractivity contribution in [3.05, 3.63) is 36.0 Å². The maximum absolute atomic E-state index is 12.8. The van der Waals surface area contributed by atoms with Crippen molar-refractivity contribution in [2.75, 3.05) is 6.54 Å². The van der Waals surface area contributed by atoms with E-state index in [9.17, 15) is 8.78 Å². The highest BCUT2D eigenvalue weighted by Crippen LogP contribution is 2.25. The zero-order chi connectivity index (χ0) is 12.3. The van der Waals surface area contributed by atoms with E-state index in [1.807, 2.05) is 18.2 Å². The Hall–Kier alpha value is -1.42. The number of halogens is 2. The monoisotopic (exact) mass is 238 g/mol. The van der Waals surface area contributed by atoms with Gasteiger partial charge in [0.05, 0.1) is 5.52 Å². The summed E-state index contributed by atoms with van der Waals surface area (Å²) >= 11 is 0. The number of hydrogen-bond donors (Lipinski definition) is 1. The highest BCUT2D eigenvalue weighted by Gasteiger charge is 2.12. The van der Waals surface area contributed by atoms with Gasteiger partial charge >= 0.3 is 6.55 Å². The van der Waals surface area contributed by atoms with Crippen molar-refractivity contribution in [1.82, 2.24) is 9.88 Å². The number of hydrogen-bond acceptors (Lipinski definition) is 1. The Bertz CT molecular complexity index is 491. The van der Waals surface area contributed by atoms with Crippen molar-refractivity contribution in [2.45, 2.75) is 26.4 Å². The molecule has 0 aliphatic heterocycles. The predicted octanol–water partition coefficient (Wildman–Crippen LogP) is 3.54. The molecule has 0 radical (unpaired) electrons. The van der Waals surface area contributed by atoms with Crippen molar-refractivity contribution >= 4 is 10.9 Å². The van der Waals surface area contributed by atoms with E-state index < -0.39 is 6.55 Å². The third kappa shape index (κ3) is 2.47. The summed E-state index contributed by atoms with van der Waals surface area (Å²) in [5.74, 6) is 0. The first-order valence-corrected chi connectivity index (χ1v) is 5.81. The maximum Gasteiger partial charge on any atom is 0.319 e. The average molecular weight is 238 g/mol. The van der Waals surface area contributed by atoms with Gasteiger partial charge in [-0.1, -0.05) is 25.1 Å². The third-order valence-corrected chi connectivity index (χ3v) is 2.78. The number of alkyl halides is 2. The number of para-hydroxylation sites is 1. The van der Waals surface area contributed by atoms with Crippen LogP contribution in [0.4, 0.5) is 8.78 Å². The summed E-state index contributed by atoms with van der Waals surface area (Å²) in [5, 5.41) is 4.10. The molecule has 0 bridgehead atoms. The van der Waals surface area contributed by atoms with Gasteiger partial charge in [-0.25, -0.2) is 0 Å². The molecule has 0 aliphatic rings. The Morgan fingerprint density at radius 1 is 1.29 bits per heavy atom. The van der Waals surface area contributed by atoms with Crippen LogP contribution in [0.15, 0.2) is 30.5 Å². The predicted molar refractivity (Wildman–Crippen MR) is 65.2 cm³/mol. The molecule has 0 atom stereocenters. The summed E-state index contributed by atoms with van der Waals surface area (Å²) < 4.78 is 26.7. The van der Waals surface area contributed by atoms with Gasteiger partial charge in [0, 0.05) is 18.1 Å². The quantitative estimate of drug-likeness (QED) is 0.788. The Balaban J connectivity index is 2.36. The van der Waals surface area contributed by atoms with Gasteiger partial charge in [0.1, 0.15) is 0 Å². The highest BCUT2D eigenvalue weighted by atomic mass is 19.3. The van der Waals surface area contributed by atoms with E-state index in [-0.39, 0.29) is 0 Å². The van der Waals surface area contributed by atoms with Gasteiger partial charge in [-0.05, 0) is 24.6 Å². The summed E-state index contributed by atoms with van der Waals surface area (Å²) in [6.45, 7) is 1.11. The molecular formula is C13H16F2N2. The topological polar surface area (TPSA) is 17.0 Å². The minimum atomic E-state index is -2.49. The molecular weight excluding hydrogens is 222 g/mol. The van der Waals surface area contributed by atoms with E-state index in [4.69, 9.17) is 0 Å². The summed E-state index contributed by atoms with van der Waals surface area (Å²) in [5.41, 5.74) is 1.55. The van der Waals surface area contributed by atoms with E-state index in [0.29, 0.717) is 12.1 Å². The number of rotatable bonds is 5. The van der Waals surface area contributed by atoms with E-state index in [1.165, 1.54) is 6.20 Å². The molecule has 2 aromatic rings. The first-order chi connectivity index (χ1) is 8.24. The normalized spacial score (nSPS) is 11.5. The molecule has 0 spiro atoms. The van der Waals surface area contributed by atoms with E-state index in [2.05, 4.69) is 12.2 Å². The molecule has 1 N–H and O–H groups in total. The van der Waals surface area contributed by atoms with Crippen LogP contribution in [0, 0.1) is 0 Å². The van der Waals surface area contributed by atoms with Gasteiger partial charge < -0.3 is 5.32 Å². The van der Waals surface area contributed by atoms with Crippen LogP contribution in [0.1, 0.15) is 25.5 Å². The van der Waals surface area contributed by atoms with Gasteiger partial charge in [-0.3, -0.25) is 4.57 Å². The van der Waals surface area contributed by atoms with Crippen molar-refractivity contribution in [3.63, 3.8) is 0 Å². The van der Waals surface area contributed by atoms with Crippen molar-refractivity contribution in [1.29, 1.82) is 0 Å². The molecule has 0 fully saturated rings. The summed E-state index contributed by atoms with van der Waals surface area (Å²) in [6, 6.07) is 7.38. The maximum atomic E-state index is 12.8. The first kappa shape index (κ1) is 12.0. The lowest BCUT2D eigenvalue weighted by Gasteiger charge is -2.09. The van der Waals surface area contributed by atoms with Gasteiger partial charge in [-0.15, -0.1) is 0 Å². The van der Waals surface area contributed by atoms with E-state index in [0.717, 1.165) is 28.5 Å². The third-order valence-electron chi connectivity index (χ3n) is 2.78. The lowest BCUT2D eigenvalue weighted by atomic mass is 10.1. The number of nitrogens with one attached hydrogen (secondary N) is 1. The number of aromatic nitrogens is 1. The van der Waals surface area contributed by atoms with Gasteiger partial charge in [0.25, 0.3) is 0 Å². The lowest BCUT2D eigenvalue weighted by molar-refractivity contribution is 0.0751. The first-order valence-electron chi connectivity index (χ1n) is 5.81. The number of fused-ring (bicyclic) bond motifs is 1. The molecule has 2 nitrogen and oxygen atoms in total. The molecule has 4 heteroatoms. The largest absolute Gasteiger partial charge is 0.319 e. The number of benzene rings is 1. The smallest absolute Gasteiger partial charge is 0.313 e. The molecule has 0 aliphatic carbocycles. The molecule has 1 heterocycles. The minimum Gasteiger partial charge on any atom is -0.313 e.